The second-order valence-corrected chi connectivity index (χ2v) is 2.91. The molecule has 0 aliphatic heterocycles. The quantitative estimate of drug-likeness (QED) is 0.346. The molecular formula is C7H15AlLiN3OS. The number of aromatic nitrogens is 2. The average Bonchev–Trinajstić information content (AvgIpc) is 2.16. The summed E-state index contributed by atoms with van der Waals surface area (Å²) in [5.41, 5.74) is 0.718. The largest absolute Gasteiger partial charge is 3.00 e. The van der Waals surface area contributed by atoms with Crippen LogP contribution in [-0.2, 0) is 6.61 Å². The molecule has 1 rings (SSSR count). The summed E-state index contributed by atoms with van der Waals surface area (Å²) < 4.78 is 0. The van der Waals surface area contributed by atoms with Gasteiger partial charge in [-0.1, -0.05) is 11.8 Å². The SMILES string of the molecule is CNc1nc(SC)ncc1CO.[Al+3].[H-].[H-].[H-].[H-].[Li+]. The van der Waals surface area contributed by atoms with Crippen LogP contribution in [0, 0.1) is 0 Å². The molecule has 0 saturated heterocycles. The molecule has 1 aromatic rings. The van der Waals surface area contributed by atoms with E-state index in [9.17, 15) is 0 Å². The Morgan fingerprint density at radius 2 is 2.29 bits per heavy atom. The topological polar surface area (TPSA) is 58.0 Å². The zero-order chi connectivity index (χ0) is 8.97. The minimum atomic E-state index is -0.0369. The van der Waals surface area contributed by atoms with E-state index in [-0.39, 0.29) is 48.5 Å². The van der Waals surface area contributed by atoms with Gasteiger partial charge in [0.1, 0.15) is 5.82 Å². The van der Waals surface area contributed by atoms with Crippen molar-refractivity contribution >= 4 is 34.9 Å². The fourth-order valence-electron chi connectivity index (χ4n) is 0.821. The normalized spacial score (nSPS) is 8.50. The molecule has 0 radical (unpaired) electrons. The Balaban J connectivity index is -0.0000000600. The van der Waals surface area contributed by atoms with Gasteiger partial charge >= 0.3 is 36.2 Å². The van der Waals surface area contributed by atoms with Crippen LogP contribution in [0.5, 0.6) is 0 Å². The molecule has 7 heteroatoms. The van der Waals surface area contributed by atoms with Crippen molar-refractivity contribution in [1.29, 1.82) is 0 Å². The Kier molecular flexibility index (Phi) is 10.3. The van der Waals surface area contributed by atoms with Crippen LogP contribution in [0.3, 0.4) is 0 Å². The number of nitrogens with zero attached hydrogens (tertiary/aromatic N) is 2. The number of hydrogen-bond acceptors (Lipinski definition) is 5. The Hall–Kier alpha value is 0.320. The summed E-state index contributed by atoms with van der Waals surface area (Å²) in [5.74, 6) is 0.692. The van der Waals surface area contributed by atoms with Gasteiger partial charge in [0.15, 0.2) is 5.16 Å². The molecule has 0 spiro atoms. The maximum Gasteiger partial charge on any atom is 3.00 e. The molecule has 0 fully saturated rings. The first-order valence-corrected chi connectivity index (χ1v) is 4.72. The van der Waals surface area contributed by atoms with Crippen molar-refractivity contribution in [3.8, 4) is 0 Å². The van der Waals surface area contributed by atoms with Crippen LogP contribution in [0.25, 0.3) is 0 Å². The molecule has 0 unspecified atom stereocenters. The van der Waals surface area contributed by atoms with Crippen molar-refractivity contribution in [3.05, 3.63) is 11.8 Å². The third kappa shape index (κ3) is 4.23. The number of hydrogen-bond donors (Lipinski definition) is 2. The summed E-state index contributed by atoms with van der Waals surface area (Å²) in [6.07, 6.45) is 3.54. The predicted octanol–water partition coefficient (Wildman–Crippen LogP) is -2.19. The second kappa shape index (κ2) is 8.61. The van der Waals surface area contributed by atoms with Crippen LogP contribution in [0.4, 0.5) is 5.82 Å². The van der Waals surface area contributed by atoms with Crippen molar-refractivity contribution < 1.29 is 29.7 Å². The van der Waals surface area contributed by atoms with Crippen LogP contribution in [0.2, 0.25) is 0 Å². The number of aliphatic hydroxyl groups excluding tert-OH is 1. The van der Waals surface area contributed by atoms with Crippen molar-refractivity contribution in [2.75, 3.05) is 18.6 Å². The van der Waals surface area contributed by atoms with E-state index in [2.05, 4.69) is 15.3 Å². The molecule has 1 heterocycles. The zero-order valence-corrected chi connectivity index (χ0v) is 10.6. The van der Waals surface area contributed by atoms with Crippen LogP contribution < -0.4 is 24.2 Å². The second-order valence-electron chi connectivity index (χ2n) is 2.14. The van der Waals surface area contributed by atoms with E-state index in [0.717, 1.165) is 5.56 Å². The van der Waals surface area contributed by atoms with Gasteiger partial charge in [-0.2, -0.15) is 0 Å². The first kappa shape index (κ1) is 16.7. The predicted molar refractivity (Wildman–Crippen MR) is 59.5 cm³/mol. The summed E-state index contributed by atoms with van der Waals surface area (Å²) in [7, 11) is 1.77. The van der Waals surface area contributed by atoms with Crippen molar-refractivity contribution in [2.24, 2.45) is 0 Å². The fraction of sp³-hybridized carbons (Fsp3) is 0.429. The molecule has 0 bridgehead atoms. The number of thioether (sulfide) groups is 1. The summed E-state index contributed by atoms with van der Waals surface area (Å²) in [6, 6.07) is 0. The molecule has 74 valence electrons. The summed E-state index contributed by atoms with van der Waals surface area (Å²) in [5, 5.41) is 12.5. The molecule has 1 aromatic heterocycles. The van der Waals surface area contributed by atoms with Gasteiger partial charge in [-0.3, -0.25) is 0 Å². The molecule has 0 aliphatic carbocycles. The van der Waals surface area contributed by atoms with E-state index in [1.54, 1.807) is 13.2 Å². The monoisotopic (exact) mass is 223 g/mol. The molecule has 0 aromatic carbocycles. The minimum Gasteiger partial charge on any atom is -1.00 e. The van der Waals surface area contributed by atoms with Gasteiger partial charge < -0.3 is 16.1 Å². The van der Waals surface area contributed by atoms with Gasteiger partial charge in [-0.05, 0) is 6.26 Å². The molecule has 4 nitrogen and oxygen atoms in total. The number of aliphatic hydroxyl groups is 1. The van der Waals surface area contributed by atoms with E-state index in [1.807, 2.05) is 6.26 Å². The molecule has 2 N–H and O–H groups in total. The molecular weight excluding hydrogens is 208 g/mol. The fourth-order valence-corrected chi connectivity index (χ4v) is 1.16. The Labute approximate surface area is 117 Å². The van der Waals surface area contributed by atoms with Gasteiger partial charge in [-0.25, -0.2) is 9.97 Å². The minimum absolute atomic E-state index is 0. The van der Waals surface area contributed by atoms with Crippen LogP contribution in [-0.4, -0.2) is 45.7 Å². The summed E-state index contributed by atoms with van der Waals surface area (Å²) in [4.78, 5) is 8.19. The van der Waals surface area contributed by atoms with Gasteiger partial charge in [-0.15, -0.1) is 0 Å². The van der Waals surface area contributed by atoms with E-state index in [0.29, 0.717) is 11.0 Å². The number of rotatable bonds is 3. The Morgan fingerprint density at radius 3 is 2.71 bits per heavy atom. The molecule has 14 heavy (non-hydrogen) atoms. The van der Waals surface area contributed by atoms with Gasteiger partial charge in [0, 0.05) is 18.8 Å². The third-order valence-corrected chi connectivity index (χ3v) is 1.99. The van der Waals surface area contributed by atoms with Crippen LogP contribution in [0.15, 0.2) is 11.4 Å². The third-order valence-electron chi connectivity index (χ3n) is 1.43. The van der Waals surface area contributed by atoms with Crippen molar-refractivity contribution in [3.63, 3.8) is 0 Å². The van der Waals surface area contributed by atoms with Gasteiger partial charge in [0.2, 0.25) is 0 Å². The first-order chi connectivity index (χ1) is 5.81. The summed E-state index contributed by atoms with van der Waals surface area (Å²) >= 11 is 1.47. The van der Waals surface area contributed by atoms with Crippen molar-refractivity contribution in [1.82, 2.24) is 9.97 Å². The Bertz CT molecular complexity index is 291. The average molecular weight is 223 g/mol. The zero-order valence-electron chi connectivity index (χ0n) is 12.6. The molecule has 0 saturated carbocycles. The maximum absolute atomic E-state index is 8.89. The molecule has 0 amide bonds. The number of anilines is 1. The Morgan fingerprint density at radius 1 is 1.64 bits per heavy atom. The first-order valence-electron chi connectivity index (χ1n) is 3.50. The standard InChI is InChI=1S/C7H11N3OS.Al.Li.4H/c1-8-6-5(4-11)3-9-7(10-6)12-2;;;;;;/h3,11H,4H2,1-2H3,(H,8,9,10);;;;;;/q;+3;+1;4*-1. The van der Waals surface area contributed by atoms with Gasteiger partial charge in [0.25, 0.3) is 0 Å². The smallest absolute Gasteiger partial charge is 1.00 e. The van der Waals surface area contributed by atoms with E-state index >= 15 is 0 Å². The van der Waals surface area contributed by atoms with E-state index in [1.165, 1.54) is 11.8 Å². The molecule has 0 aliphatic rings. The van der Waals surface area contributed by atoms with Gasteiger partial charge in [0.05, 0.1) is 6.61 Å². The molecule has 0 atom stereocenters. The van der Waals surface area contributed by atoms with E-state index in [4.69, 9.17) is 5.11 Å². The maximum atomic E-state index is 8.89. The van der Waals surface area contributed by atoms with Crippen molar-refractivity contribution in [2.45, 2.75) is 11.8 Å². The number of nitrogens with one attached hydrogen (secondary N) is 1. The van der Waals surface area contributed by atoms with Crippen LogP contribution in [0.1, 0.15) is 11.3 Å². The van der Waals surface area contributed by atoms with Crippen LogP contribution >= 0.6 is 11.8 Å². The summed E-state index contributed by atoms with van der Waals surface area (Å²) in [6.45, 7) is -0.0369. The van der Waals surface area contributed by atoms with E-state index < -0.39 is 0 Å².